The quantitative estimate of drug-likeness (QED) is 0.447. The van der Waals surface area contributed by atoms with Gasteiger partial charge in [-0.2, -0.15) is 5.26 Å². The summed E-state index contributed by atoms with van der Waals surface area (Å²) >= 11 is 0. The maximum Gasteiger partial charge on any atom is 0.285 e. The highest BCUT2D eigenvalue weighted by molar-refractivity contribution is 6.00. The monoisotopic (exact) mass is 206 g/mol. The Hall–Kier alpha value is -2.42. The van der Waals surface area contributed by atoms with Crippen molar-refractivity contribution in [2.45, 2.75) is 6.92 Å². The second-order valence-corrected chi connectivity index (χ2v) is 2.81. The zero-order valence-electron chi connectivity index (χ0n) is 7.72. The van der Waals surface area contributed by atoms with Crippen molar-refractivity contribution in [2.24, 2.45) is 0 Å². The van der Waals surface area contributed by atoms with Crippen molar-refractivity contribution in [2.75, 3.05) is 0 Å². The highest BCUT2D eigenvalue weighted by Crippen LogP contribution is 2.27. The fourth-order valence-electron chi connectivity index (χ4n) is 1.21. The predicted octanol–water partition coefficient (Wildman–Crippen LogP) is 1.37. The average molecular weight is 206 g/mol. The molecule has 0 aliphatic heterocycles. The molecule has 0 aromatic heterocycles. The molecule has 0 aliphatic rings. The van der Waals surface area contributed by atoms with E-state index in [0.717, 1.165) is 19.1 Å². The van der Waals surface area contributed by atoms with Crippen molar-refractivity contribution >= 4 is 11.5 Å². The molecular weight excluding hydrogens is 200 g/mol. The van der Waals surface area contributed by atoms with Gasteiger partial charge in [-0.15, -0.1) is 0 Å². The number of nitriles is 1. The molecule has 1 aromatic carbocycles. The molecule has 0 unspecified atom stereocenters. The summed E-state index contributed by atoms with van der Waals surface area (Å²) in [5, 5.41) is 28.4. The molecule has 0 amide bonds. The molecule has 6 heteroatoms. The standard InChI is InChI=1S/C9H6N2O4/c1-5(12)9-6(4-10)2-7(13)3-8(9)11(14)15/h2-3,13H,1H3. The summed E-state index contributed by atoms with van der Waals surface area (Å²) < 4.78 is 0. The maximum absolute atomic E-state index is 11.1. The summed E-state index contributed by atoms with van der Waals surface area (Å²) in [5.41, 5.74) is -1.03. The van der Waals surface area contributed by atoms with Crippen molar-refractivity contribution in [3.8, 4) is 11.8 Å². The summed E-state index contributed by atoms with van der Waals surface area (Å²) in [6.07, 6.45) is 0. The van der Waals surface area contributed by atoms with E-state index in [-0.39, 0.29) is 11.1 Å². The summed E-state index contributed by atoms with van der Waals surface area (Å²) in [6, 6.07) is 3.49. The molecule has 76 valence electrons. The molecule has 6 nitrogen and oxygen atoms in total. The number of phenols is 1. The van der Waals surface area contributed by atoms with Crippen molar-refractivity contribution in [1.82, 2.24) is 0 Å². The van der Waals surface area contributed by atoms with E-state index in [1.54, 1.807) is 6.07 Å². The number of carbonyl (C=O) groups excluding carboxylic acids is 1. The minimum atomic E-state index is -0.808. The Morgan fingerprint density at radius 3 is 2.60 bits per heavy atom. The molecule has 0 bridgehead atoms. The lowest BCUT2D eigenvalue weighted by Gasteiger charge is -2.01. The van der Waals surface area contributed by atoms with Crippen LogP contribution in [0.25, 0.3) is 0 Å². The van der Waals surface area contributed by atoms with Gasteiger partial charge >= 0.3 is 0 Å². The third-order valence-electron chi connectivity index (χ3n) is 1.77. The Balaban J connectivity index is 3.64. The van der Waals surface area contributed by atoms with Crippen LogP contribution in [-0.2, 0) is 0 Å². The van der Waals surface area contributed by atoms with Crippen LogP contribution in [0.15, 0.2) is 12.1 Å². The molecule has 0 radical (unpaired) electrons. The van der Waals surface area contributed by atoms with Gasteiger partial charge in [-0.3, -0.25) is 14.9 Å². The fourth-order valence-corrected chi connectivity index (χ4v) is 1.21. The van der Waals surface area contributed by atoms with Gasteiger partial charge in [0.25, 0.3) is 5.69 Å². The summed E-state index contributed by atoms with van der Waals surface area (Å²) in [5.74, 6) is -0.999. The van der Waals surface area contributed by atoms with E-state index >= 15 is 0 Å². The van der Waals surface area contributed by atoms with Gasteiger partial charge in [-0.05, 0) is 13.0 Å². The van der Waals surface area contributed by atoms with Crippen molar-refractivity contribution in [1.29, 1.82) is 5.26 Å². The largest absolute Gasteiger partial charge is 0.508 e. The van der Waals surface area contributed by atoms with Crippen LogP contribution in [0.1, 0.15) is 22.8 Å². The number of carbonyl (C=O) groups is 1. The second kappa shape index (κ2) is 3.75. The van der Waals surface area contributed by atoms with E-state index < -0.39 is 22.1 Å². The number of phenolic OH excluding ortho intramolecular Hbond substituents is 1. The topological polar surface area (TPSA) is 104 Å². The highest BCUT2D eigenvalue weighted by Gasteiger charge is 2.22. The number of nitro groups is 1. The number of nitro benzene ring substituents is 1. The third kappa shape index (κ3) is 1.91. The first-order valence-electron chi connectivity index (χ1n) is 3.89. The second-order valence-electron chi connectivity index (χ2n) is 2.81. The summed E-state index contributed by atoms with van der Waals surface area (Å²) in [4.78, 5) is 20.9. The van der Waals surface area contributed by atoms with Gasteiger partial charge in [0.05, 0.1) is 16.6 Å². The number of nitrogens with zero attached hydrogens (tertiary/aromatic N) is 2. The number of benzene rings is 1. The first kappa shape index (κ1) is 10.7. The lowest BCUT2D eigenvalue weighted by atomic mass is 10.0. The van der Waals surface area contributed by atoms with Crippen LogP contribution < -0.4 is 0 Å². The molecule has 0 saturated carbocycles. The summed E-state index contributed by atoms with van der Waals surface area (Å²) in [6.45, 7) is 1.13. The van der Waals surface area contributed by atoms with Crippen LogP contribution in [0.4, 0.5) is 5.69 Å². The molecule has 15 heavy (non-hydrogen) atoms. The zero-order valence-corrected chi connectivity index (χ0v) is 7.72. The first-order chi connectivity index (χ1) is 6.97. The van der Waals surface area contributed by atoms with Crippen LogP contribution in [0.5, 0.6) is 5.75 Å². The Kier molecular flexibility index (Phi) is 2.67. The lowest BCUT2D eigenvalue weighted by Crippen LogP contribution is -2.03. The summed E-state index contributed by atoms with van der Waals surface area (Å²) in [7, 11) is 0. The van der Waals surface area contributed by atoms with Crippen molar-refractivity contribution in [3.05, 3.63) is 33.4 Å². The van der Waals surface area contributed by atoms with E-state index in [0.29, 0.717) is 0 Å². The number of aromatic hydroxyl groups is 1. The Morgan fingerprint density at radius 2 is 2.20 bits per heavy atom. The average Bonchev–Trinajstić information content (AvgIpc) is 2.15. The molecule has 0 spiro atoms. The van der Waals surface area contributed by atoms with Crippen LogP contribution in [0, 0.1) is 21.4 Å². The first-order valence-corrected chi connectivity index (χ1v) is 3.89. The van der Waals surface area contributed by atoms with E-state index in [4.69, 9.17) is 10.4 Å². The van der Waals surface area contributed by atoms with E-state index in [1.807, 2.05) is 0 Å². The lowest BCUT2D eigenvalue weighted by molar-refractivity contribution is -0.385. The minimum absolute atomic E-state index is 0.200. The van der Waals surface area contributed by atoms with Crippen LogP contribution in [0.3, 0.4) is 0 Å². The van der Waals surface area contributed by atoms with Gasteiger partial charge in [0.1, 0.15) is 17.4 Å². The van der Waals surface area contributed by atoms with Gasteiger partial charge < -0.3 is 5.11 Å². The highest BCUT2D eigenvalue weighted by atomic mass is 16.6. The number of ketones is 1. The molecule has 1 rings (SSSR count). The zero-order chi connectivity index (χ0) is 11.6. The van der Waals surface area contributed by atoms with E-state index in [1.165, 1.54) is 0 Å². The van der Waals surface area contributed by atoms with Gasteiger partial charge in [0.2, 0.25) is 0 Å². The molecule has 0 heterocycles. The normalized spacial score (nSPS) is 9.33. The minimum Gasteiger partial charge on any atom is -0.508 e. The molecule has 0 fully saturated rings. The molecule has 0 saturated heterocycles. The Bertz CT molecular complexity index is 488. The smallest absolute Gasteiger partial charge is 0.285 e. The number of Topliss-reactive ketones (excluding diaryl/α,β-unsaturated/α-hetero) is 1. The van der Waals surface area contributed by atoms with E-state index in [9.17, 15) is 14.9 Å². The predicted molar refractivity (Wildman–Crippen MR) is 49.5 cm³/mol. The number of hydrogen-bond acceptors (Lipinski definition) is 5. The molecular formula is C9H6N2O4. The molecule has 0 aliphatic carbocycles. The van der Waals surface area contributed by atoms with Crippen molar-refractivity contribution in [3.63, 3.8) is 0 Å². The van der Waals surface area contributed by atoms with Gasteiger partial charge in [0.15, 0.2) is 5.78 Å². The number of rotatable bonds is 2. The van der Waals surface area contributed by atoms with Crippen LogP contribution >= 0.6 is 0 Å². The maximum atomic E-state index is 11.1. The molecule has 0 atom stereocenters. The number of hydrogen-bond donors (Lipinski definition) is 1. The Morgan fingerprint density at radius 1 is 1.60 bits per heavy atom. The van der Waals surface area contributed by atoms with Gasteiger partial charge in [-0.1, -0.05) is 0 Å². The SMILES string of the molecule is CC(=O)c1c(C#N)cc(O)cc1[N+](=O)[O-]. The van der Waals surface area contributed by atoms with E-state index in [2.05, 4.69) is 0 Å². The third-order valence-corrected chi connectivity index (χ3v) is 1.77. The van der Waals surface area contributed by atoms with Gasteiger partial charge in [0, 0.05) is 0 Å². The molecule has 1 aromatic rings. The van der Waals surface area contributed by atoms with Gasteiger partial charge in [-0.25, -0.2) is 0 Å². The molecule has 1 N–H and O–H groups in total. The van der Waals surface area contributed by atoms with Crippen molar-refractivity contribution < 1.29 is 14.8 Å². The van der Waals surface area contributed by atoms with Crippen LogP contribution in [-0.4, -0.2) is 15.8 Å². The fraction of sp³-hybridized carbons (Fsp3) is 0.111. The Labute approximate surface area is 84.5 Å². The van der Waals surface area contributed by atoms with Crippen LogP contribution in [0.2, 0.25) is 0 Å².